The molecule has 0 aromatic heterocycles. The SMILES string of the molecule is CCCc1cc2c3cc(CCC)cc4c5cc(CCC)cc6c7cc(CCC)cc8c9cc(CCC)cc%10c%11cc(CCC)cc%12c(c1)c2c1c(c34)c(c56)c(c78)c(c%109)c1c%12%11. The second-order valence-corrected chi connectivity index (χ2v) is 19.1. The van der Waals surface area contributed by atoms with Crippen LogP contribution in [-0.4, -0.2) is 0 Å². The van der Waals surface area contributed by atoms with E-state index in [9.17, 15) is 0 Å². The van der Waals surface area contributed by atoms with E-state index in [-0.39, 0.29) is 0 Å². The minimum absolute atomic E-state index is 1.10. The summed E-state index contributed by atoms with van der Waals surface area (Å²) in [6.07, 6.45) is 13.5. The summed E-state index contributed by atoms with van der Waals surface area (Å²) < 4.78 is 0. The van der Waals surface area contributed by atoms with Gasteiger partial charge in [-0.2, -0.15) is 0 Å². The Bertz CT molecular complexity index is 2970. The number of aryl methyl sites for hydroxylation is 6. The lowest BCUT2D eigenvalue weighted by Gasteiger charge is -2.30. The van der Waals surface area contributed by atoms with Crippen LogP contribution < -0.4 is 0 Å². The summed E-state index contributed by atoms with van der Waals surface area (Å²) in [5.41, 5.74) is 8.89. The number of hydrogen-bond donors (Lipinski definition) is 0. The summed E-state index contributed by atoms with van der Waals surface area (Å²) in [6, 6.07) is 31.6. The Labute approximate surface area is 352 Å². The van der Waals surface area contributed by atoms with Crippen LogP contribution in [-0.2, 0) is 38.5 Å². The molecule has 294 valence electrons. The van der Waals surface area contributed by atoms with Gasteiger partial charge in [0.05, 0.1) is 0 Å². The molecule has 0 saturated carbocycles. The average molecular weight is 775 g/mol. The van der Waals surface area contributed by atoms with Crippen LogP contribution in [0.1, 0.15) is 113 Å². The second kappa shape index (κ2) is 12.5. The van der Waals surface area contributed by atoms with Gasteiger partial charge in [0.15, 0.2) is 0 Å². The van der Waals surface area contributed by atoms with Crippen LogP contribution in [0, 0.1) is 0 Å². The lowest BCUT2D eigenvalue weighted by molar-refractivity contribution is 0.923. The highest BCUT2D eigenvalue weighted by atomic mass is 14.3. The van der Waals surface area contributed by atoms with E-state index in [4.69, 9.17) is 0 Å². The van der Waals surface area contributed by atoms with E-state index in [0.29, 0.717) is 0 Å². The molecule has 13 aromatic carbocycles. The highest BCUT2D eigenvalue weighted by Gasteiger charge is 2.32. The smallest absolute Gasteiger partial charge is 0.0000472 e. The summed E-state index contributed by atoms with van der Waals surface area (Å²) in [5.74, 6) is 0. The van der Waals surface area contributed by atoms with Gasteiger partial charge >= 0.3 is 0 Å². The van der Waals surface area contributed by atoms with Crippen molar-refractivity contribution in [1.29, 1.82) is 0 Å². The molecule has 0 nitrogen and oxygen atoms in total. The molecule has 0 saturated heterocycles. The van der Waals surface area contributed by atoms with Crippen molar-refractivity contribution in [2.45, 2.75) is 119 Å². The lowest BCUT2D eigenvalue weighted by atomic mass is 9.72. The predicted octanol–water partition coefficient (Wildman–Crippen LogP) is 17.9. The van der Waals surface area contributed by atoms with E-state index in [1.165, 1.54) is 163 Å². The van der Waals surface area contributed by atoms with Crippen molar-refractivity contribution in [3.05, 3.63) is 106 Å². The average Bonchev–Trinajstić information content (AvgIpc) is 3.25. The molecule has 0 N–H and O–H groups in total. The van der Waals surface area contributed by atoms with E-state index in [1.54, 1.807) is 0 Å². The van der Waals surface area contributed by atoms with Crippen LogP contribution in [0.25, 0.3) is 129 Å². The number of benzene rings is 13. The summed E-state index contributed by atoms with van der Waals surface area (Å²) in [7, 11) is 0. The Morgan fingerprint density at radius 1 is 0.183 bits per heavy atom. The van der Waals surface area contributed by atoms with Gasteiger partial charge in [0.1, 0.15) is 0 Å². The second-order valence-electron chi connectivity index (χ2n) is 19.1. The third-order valence-electron chi connectivity index (χ3n) is 15.2. The number of fused-ring (bicyclic) bond motifs is 6. The Kier molecular flexibility index (Phi) is 7.38. The van der Waals surface area contributed by atoms with Crippen molar-refractivity contribution in [1.82, 2.24) is 0 Å². The standard InChI is InChI=1S/C60H54/c1-7-13-31-19-37-39-21-32(14-8-2)23-41-43-25-34(16-10-4)27-45-47-29-36(18-12-6)30-48-46-28-35(17-11-5)26-44-42-24-33(15-9-3)22-40-38(20-31)49(37)55-56(50(39)41)58(52(43)45)60(54(47)48)59(53(44)46)57(55)51(40)42/h19-30H,7-18H2,1-6H3. The number of rotatable bonds is 12. The molecule has 0 aliphatic heterocycles. The summed E-state index contributed by atoms with van der Waals surface area (Å²) in [5, 5.41) is 35.9. The van der Waals surface area contributed by atoms with Crippen LogP contribution in [0.3, 0.4) is 0 Å². The van der Waals surface area contributed by atoms with E-state index in [0.717, 1.165) is 77.0 Å². The Morgan fingerprint density at radius 2 is 0.300 bits per heavy atom. The van der Waals surface area contributed by atoms with Gasteiger partial charge < -0.3 is 0 Å². The molecule has 0 amide bonds. The third-order valence-corrected chi connectivity index (χ3v) is 15.2. The van der Waals surface area contributed by atoms with Crippen molar-refractivity contribution < 1.29 is 0 Å². The summed E-state index contributed by atoms with van der Waals surface area (Å²) in [6.45, 7) is 14.1. The maximum atomic E-state index is 2.63. The minimum Gasteiger partial charge on any atom is -0.0651 e. The van der Waals surface area contributed by atoms with Crippen LogP contribution >= 0.6 is 0 Å². The molecule has 0 aliphatic carbocycles. The lowest BCUT2D eigenvalue weighted by Crippen LogP contribution is -2.03. The van der Waals surface area contributed by atoms with Gasteiger partial charge in [0.25, 0.3) is 0 Å². The minimum atomic E-state index is 1.10. The molecule has 0 fully saturated rings. The molecule has 13 aromatic rings. The van der Waals surface area contributed by atoms with Crippen molar-refractivity contribution in [2.75, 3.05) is 0 Å². The Hall–Kier alpha value is -5.46. The van der Waals surface area contributed by atoms with Crippen LogP contribution in [0.4, 0.5) is 0 Å². The van der Waals surface area contributed by atoms with Crippen LogP contribution in [0.5, 0.6) is 0 Å². The van der Waals surface area contributed by atoms with Gasteiger partial charge in [-0.05, 0) is 201 Å². The Morgan fingerprint density at radius 3 is 0.400 bits per heavy atom. The first kappa shape index (κ1) is 35.3. The molecule has 0 atom stereocenters. The zero-order chi connectivity index (χ0) is 40.3. The largest absolute Gasteiger partial charge is 0.0651 e. The van der Waals surface area contributed by atoms with E-state index in [1.807, 2.05) is 0 Å². The zero-order valence-electron chi connectivity index (χ0n) is 36.4. The van der Waals surface area contributed by atoms with Crippen molar-refractivity contribution in [3.8, 4) is 0 Å². The molecule has 0 aliphatic rings. The molecular formula is C60H54. The first-order valence-corrected chi connectivity index (χ1v) is 23.8. The fourth-order valence-corrected chi connectivity index (χ4v) is 13.2. The van der Waals surface area contributed by atoms with Crippen LogP contribution in [0.2, 0.25) is 0 Å². The molecular weight excluding hydrogens is 721 g/mol. The first-order valence-electron chi connectivity index (χ1n) is 23.8. The quantitative estimate of drug-likeness (QED) is 0.0857. The Balaban J connectivity index is 1.46. The molecule has 13 rings (SSSR count). The summed E-state index contributed by atoms with van der Waals surface area (Å²) >= 11 is 0. The van der Waals surface area contributed by atoms with E-state index < -0.39 is 0 Å². The van der Waals surface area contributed by atoms with Crippen molar-refractivity contribution >= 4 is 129 Å². The van der Waals surface area contributed by atoms with Gasteiger partial charge in [-0.15, -0.1) is 0 Å². The zero-order valence-corrected chi connectivity index (χ0v) is 36.4. The van der Waals surface area contributed by atoms with Gasteiger partial charge in [0.2, 0.25) is 0 Å². The van der Waals surface area contributed by atoms with Crippen LogP contribution in [0.15, 0.2) is 72.8 Å². The summed E-state index contributed by atoms with van der Waals surface area (Å²) in [4.78, 5) is 0. The molecule has 0 spiro atoms. The van der Waals surface area contributed by atoms with Gasteiger partial charge in [-0.1, -0.05) is 153 Å². The molecule has 0 heteroatoms. The van der Waals surface area contributed by atoms with Gasteiger partial charge in [-0.3, -0.25) is 0 Å². The number of hydrogen-bond acceptors (Lipinski definition) is 0. The molecule has 0 bridgehead atoms. The molecule has 0 radical (unpaired) electrons. The van der Waals surface area contributed by atoms with E-state index >= 15 is 0 Å². The fraction of sp³-hybridized carbons (Fsp3) is 0.300. The van der Waals surface area contributed by atoms with Crippen molar-refractivity contribution in [2.24, 2.45) is 0 Å². The predicted molar refractivity (Wildman–Crippen MR) is 268 cm³/mol. The monoisotopic (exact) mass is 774 g/mol. The highest BCUT2D eigenvalue weighted by Crippen LogP contribution is 2.61. The maximum absolute atomic E-state index is 2.63. The molecule has 0 unspecified atom stereocenters. The topological polar surface area (TPSA) is 0 Å². The first-order chi connectivity index (χ1) is 29.5. The highest BCUT2D eigenvalue weighted by molar-refractivity contribution is 6.61. The normalized spacial score (nSPS) is 13.3. The third kappa shape index (κ3) is 4.28. The van der Waals surface area contributed by atoms with Crippen molar-refractivity contribution in [3.63, 3.8) is 0 Å². The fourth-order valence-electron chi connectivity index (χ4n) is 13.2. The maximum Gasteiger partial charge on any atom is -0.0000472 e. The van der Waals surface area contributed by atoms with Gasteiger partial charge in [-0.25, -0.2) is 0 Å². The van der Waals surface area contributed by atoms with E-state index in [2.05, 4.69) is 114 Å². The molecule has 60 heavy (non-hydrogen) atoms. The van der Waals surface area contributed by atoms with Gasteiger partial charge in [0, 0.05) is 0 Å². The molecule has 0 heterocycles.